The van der Waals surface area contributed by atoms with Gasteiger partial charge in [-0.1, -0.05) is 23.2 Å². The van der Waals surface area contributed by atoms with Crippen LogP contribution in [0.3, 0.4) is 0 Å². The summed E-state index contributed by atoms with van der Waals surface area (Å²) < 4.78 is 0. The molecule has 0 fully saturated rings. The van der Waals surface area contributed by atoms with E-state index in [2.05, 4.69) is 5.32 Å². The van der Waals surface area contributed by atoms with Crippen LogP contribution in [0.5, 0.6) is 0 Å². The van der Waals surface area contributed by atoms with Gasteiger partial charge in [0.1, 0.15) is 0 Å². The summed E-state index contributed by atoms with van der Waals surface area (Å²) in [7, 11) is 0. The summed E-state index contributed by atoms with van der Waals surface area (Å²) in [5, 5.41) is 3.43. The number of carbonyl (C=O) groups excluding carboxylic acids is 1. The van der Waals surface area contributed by atoms with Gasteiger partial charge in [-0.05, 0) is 49.4 Å². The van der Waals surface area contributed by atoms with Crippen LogP contribution in [0.2, 0.25) is 10.0 Å². The first-order valence-electron chi connectivity index (χ1n) is 6.24. The topological polar surface area (TPSA) is 55.1 Å². The Labute approximate surface area is 137 Å². The second-order valence-corrected chi connectivity index (χ2v) is 6.68. The number of halogens is 2. The van der Waals surface area contributed by atoms with E-state index in [1.165, 1.54) is 11.8 Å². The Kier molecular flexibility index (Phi) is 5.39. The van der Waals surface area contributed by atoms with Crippen molar-refractivity contribution in [3.05, 3.63) is 52.5 Å². The van der Waals surface area contributed by atoms with E-state index in [0.29, 0.717) is 21.4 Å². The number of nitrogens with two attached hydrogens (primary N) is 1. The zero-order valence-electron chi connectivity index (χ0n) is 11.3. The van der Waals surface area contributed by atoms with Crippen molar-refractivity contribution >= 4 is 52.2 Å². The van der Waals surface area contributed by atoms with Crippen molar-refractivity contribution in [1.29, 1.82) is 0 Å². The lowest BCUT2D eigenvalue weighted by Crippen LogP contribution is -2.22. The van der Waals surface area contributed by atoms with Crippen molar-refractivity contribution in [2.45, 2.75) is 17.1 Å². The van der Waals surface area contributed by atoms with E-state index in [-0.39, 0.29) is 11.2 Å². The molecule has 0 bridgehead atoms. The molecule has 21 heavy (non-hydrogen) atoms. The lowest BCUT2D eigenvalue weighted by atomic mass is 10.3. The summed E-state index contributed by atoms with van der Waals surface area (Å²) >= 11 is 13.2. The highest BCUT2D eigenvalue weighted by molar-refractivity contribution is 8.00. The van der Waals surface area contributed by atoms with Crippen molar-refractivity contribution in [1.82, 2.24) is 0 Å². The van der Waals surface area contributed by atoms with E-state index in [0.717, 1.165) is 4.90 Å². The maximum Gasteiger partial charge on any atom is 0.237 e. The Morgan fingerprint density at radius 3 is 2.43 bits per heavy atom. The minimum Gasteiger partial charge on any atom is -0.399 e. The van der Waals surface area contributed by atoms with E-state index >= 15 is 0 Å². The quantitative estimate of drug-likeness (QED) is 0.626. The third kappa shape index (κ3) is 4.56. The van der Waals surface area contributed by atoms with Gasteiger partial charge in [-0.15, -0.1) is 11.8 Å². The highest BCUT2D eigenvalue weighted by Crippen LogP contribution is 2.27. The first-order chi connectivity index (χ1) is 9.95. The van der Waals surface area contributed by atoms with Crippen molar-refractivity contribution in [2.24, 2.45) is 0 Å². The second-order valence-electron chi connectivity index (χ2n) is 4.45. The van der Waals surface area contributed by atoms with E-state index in [1.807, 2.05) is 31.2 Å². The van der Waals surface area contributed by atoms with Crippen LogP contribution in [-0.2, 0) is 4.79 Å². The lowest BCUT2D eigenvalue weighted by molar-refractivity contribution is -0.115. The van der Waals surface area contributed by atoms with E-state index in [9.17, 15) is 4.79 Å². The third-order valence-corrected chi connectivity index (χ3v) is 4.60. The molecule has 3 N–H and O–H groups in total. The zero-order chi connectivity index (χ0) is 15.4. The predicted molar refractivity (Wildman–Crippen MR) is 91.3 cm³/mol. The van der Waals surface area contributed by atoms with Crippen molar-refractivity contribution in [3.8, 4) is 0 Å². The van der Waals surface area contributed by atoms with Crippen LogP contribution < -0.4 is 11.1 Å². The van der Waals surface area contributed by atoms with Crippen LogP contribution in [0.15, 0.2) is 47.4 Å². The Bertz CT molecular complexity index is 647. The number of nitrogens with one attached hydrogen (secondary N) is 1. The number of hydrogen-bond donors (Lipinski definition) is 2. The monoisotopic (exact) mass is 340 g/mol. The van der Waals surface area contributed by atoms with Gasteiger partial charge >= 0.3 is 0 Å². The molecule has 0 aromatic heterocycles. The van der Waals surface area contributed by atoms with Crippen LogP contribution in [0.4, 0.5) is 11.4 Å². The highest BCUT2D eigenvalue weighted by Gasteiger charge is 2.15. The summed E-state index contributed by atoms with van der Waals surface area (Å²) in [6, 6.07) is 12.4. The first kappa shape index (κ1) is 16.0. The van der Waals surface area contributed by atoms with E-state index in [4.69, 9.17) is 28.9 Å². The molecular formula is C15H14Cl2N2OS. The van der Waals surface area contributed by atoms with Gasteiger partial charge in [0, 0.05) is 16.3 Å². The van der Waals surface area contributed by atoms with Gasteiger partial charge in [-0.2, -0.15) is 0 Å². The summed E-state index contributed by atoms with van der Waals surface area (Å²) in [6.07, 6.45) is 0. The maximum atomic E-state index is 12.1. The Morgan fingerprint density at radius 2 is 1.81 bits per heavy atom. The number of rotatable bonds is 4. The molecule has 110 valence electrons. The van der Waals surface area contributed by atoms with Gasteiger partial charge in [-0.25, -0.2) is 0 Å². The molecule has 0 aliphatic heterocycles. The Hall–Kier alpha value is -1.36. The van der Waals surface area contributed by atoms with Crippen molar-refractivity contribution < 1.29 is 4.79 Å². The minimum atomic E-state index is -0.247. The van der Waals surface area contributed by atoms with Crippen LogP contribution >= 0.6 is 35.0 Å². The SMILES string of the molecule is CC(Sc1ccc(N)cc1)C(=O)Nc1ccc(Cl)c(Cl)c1. The van der Waals surface area contributed by atoms with Gasteiger partial charge in [0.2, 0.25) is 5.91 Å². The molecule has 0 heterocycles. The summed E-state index contributed by atoms with van der Waals surface area (Å²) in [5.74, 6) is -0.102. The summed E-state index contributed by atoms with van der Waals surface area (Å²) in [6.45, 7) is 1.84. The molecule has 3 nitrogen and oxygen atoms in total. The van der Waals surface area contributed by atoms with Crippen molar-refractivity contribution in [3.63, 3.8) is 0 Å². The predicted octanol–water partition coefficient (Wildman–Crippen LogP) is 4.69. The molecule has 0 saturated heterocycles. The van der Waals surface area contributed by atoms with Crippen LogP contribution in [0.1, 0.15) is 6.92 Å². The summed E-state index contributed by atoms with van der Waals surface area (Å²) in [5.41, 5.74) is 6.96. The molecule has 1 amide bonds. The standard InChI is InChI=1S/C15H14Cl2N2OS/c1-9(21-12-5-2-10(18)3-6-12)15(20)19-11-4-7-13(16)14(17)8-11/h2-9H,18H2,1H3,(H,19,20). The van der Waals surface area contributed by atoms with Crippen LogP contribution in [-0.4, -0.2) is 11.2 Å². The number of nitrogen functional groups attached to an aromatic ring is 1. The van der Waals surface area contributed by atoms with Gasteiger partial charge in [-0.3, -0.25) is 4.79 Å². The largest absolute Gasteiger partial charge is 0.399 e. The fourth-order valence-corrected chi connectivity index (χ4v) is 2.79. The van der Waals surface area contributed by atoms with Gasteiger partial charge in [0.15, 0.2) is 0 Å². The fourth-order valence-electron chi connectivity index (χ4n) is 1.62. The number of benzene rings is 2. The van der Waals surface area contributed by atoms with E-state index in [1.54, 1.807) is 18.2 Å². The van der Waals surface area contributed by atoms with E-state index < -0.39 is 0 Å². The number of carbonyl (C=O) groups is 1. The smallest absolute Gasteiger partial charge is 0.237 e. The molecule has 6 heteroatoms. The molecule has 0 aliphatic carbocycles. The molecule has 0 radical (unpaired) electrons. The molecule has 0 spiro atoms. The van der Waals surface area contributed by atoms with Gasteiger partial charge < -0.3 is 11.1 Å². The second kappa shape index (κ2) is 7.07. The number of thioether (sulfide) groups is 1. The molecule has 0 aliphatic rings. The molecular weight excluding hydrogens is 327 g/mol. The lowest BCUT2D eigenvalue weighted by Gasteiger charge is -2.12. The van der Waals surface area contributed by atoms with Crippen LogP contribution in [0, 0.1) is 0 Å². The molecule has 1 unspecified atom stereocenters. The van der Waals surface area contributed by atoms with Gasteiger partial charge in [0.25, 0.3) is 0 Å². The minimum absolute atomic E-state index is 0.102. The Morgan fingerprint density at radius 1 is 1.14 bits per heavy atom. The highest BCUT2D eigenvalue weighted by atomic mass is 35.5. The molecule has 2 rings (SSSR count). The van der Waals surface area contributed by atoms with Gasteiger partial charge in [0.05, 0.1) is 15.3 Å². The third-order valence-electron chi connectivity index (χ3n) is 2.75. The first-order valence-corrected chi connectivity index (χ1v) is 7.87. The molecule has 1 atom stereocenters. The average molecular weight is 341 g/mol. The maximum absolute atomic E-state index is 12.1. The number of amides is 1. The van der Waals surface area contributed by atoms with Crippen LogP contribution in [0.25, 0.3) is 0 Å². The molecule has 2 aromatic rings. The average Bonchev–Trinajstić information content (AvgIpc) is 2.45. The fraction of sp³-hybridized carbons (Fsp3) is 0.133. The number of anilines is 2. The summed E-state index contributed by atoms with van der Waals surface area (Å²) in [4.78, 5) is 13.1. The Balaban J connectivity index is 1.98. The normalized spacial score (nSPS) is 12.0. The number of hydrogen-bond acceptors (Lipinski definition) is 3. The van der Waals surface area contributed by atoms with Crippen molar-refractivity contribution in [2.75, 3.05) is 11.1 Å². The zero-order valence-corrected chi connectivity index (χ0v) is 13.6. The molecule has 0 saturated carbocycles. The molecule has 2 aromatic carbocycles.